The molecule has 39 heavy (non-hydrogen) atoms. The molecule has 7 nitrogen and oxygen atoms in total. The Morgan fingerprint density at radius 2 is 1.92 bits per heavy atom. The molecule has 0 spiro atoms. The summed E-state index contributed by atoms with van der Waals surface area (Å²) in [5, 5.41) is 6.32. The number of aromatic nitrogens is 3. The molecule has 0 saturated carbocycles. The number of amides is 1. The van der Waals surface area contributed by atoms with Gasteiger partial charge in [0.25, 0.3) is 5.91 Å². The van der Waals surface area contributed by atoms with Gasteiger partial charge >= 0.3 is 0 Å². The molecule has 2 N–H and O–H groups in total. The molecule has 0 bridgehead atoms. The van der Waals surface area contributed by atoms with Gasteiger partial charge in [-0.15, -0.1) is 0 Å². The molecule has 2 aromatic heterocycles. The van der Waals surface area contributed by atoms with Crippen molar-refractivity contribution in [1.82, 2.24) is 19.9 Å². The van der Waals surface area contributed by atoms with E-state index in [0.29, 0.717) is 23.3 Å². The number of aryl methyl sites for hydroxylation is 1. The van der Waals surface area contributed by atoms with Crippen molar-refractivity contribution in [2.75, 3.05) is 30.3 Å². The van der Waals surface area contributed by atoms with Crippen molar-refractivity contribution >= 4 is 23.2 Å². The predicted molar refractivity (Wildman–Crippen MR) is 157 cm³/mol. The largest absolute Gasteiger partial charge is 0.324 e. The first-order valence-corrected chi connectivity index (χ1v) is 13.7. The lowest BCUT2D eigenvalue weighted by molar-refractivity contribution is 0.102. The number of likely N-dealkylation sites (tertiary alicyclic amines) is 1. The minimum absolute atomic E-state index is 0.156. The van der Waals surface area contributed by atoms with Gasteiger partial charge in [-0.1, -0.05) is 32.0 Å². The summed E-state index contributed by atoms with van der Waals surface area (Å²) in [5.41, 5.74) is 6.16. The number of carbonyl (C=O) groups is 1. The monoisotopic (exact) mass is 520 g/mol. The van der Waals surface area contributed by atoms with Crippen LogP contribution in [0.25, 0.3) is 11.3 Å². The number of nitrogens with zero attached hydrogens (tertiary/aromatic N) is 4. The highest BCUT2D eigenvalue weighted by molar-refractivity contribution is 6.05. The van der Waals surface area contributed by atoms with Gasteiger partial charge in [-0.05, 0) is 91.7 Å². The lowest BCUT2D eigenvalue weighted by Gasteiger charge is -2.34. The summed E-state index contributed by atoms with van der Waals surface area (Å²) in [5.74, 6) is 1.54. The molecule has 1 amide bonds. The Hall–Kier alpha value is -4.10. The summed E-state index contributed by atoms with van der Waals surface area (Å²) in [6, 6.07) is 19.6. The number of hydrogen-bond acceptors (Lipinski definition) is 6. The van der Waals surface area contributed by atoms with Gasteiger partial charge < -0.3 is 15.5 Å². The molecule has 2 aromatic carbocycles. The minimum Gasteiger partial charge on any atom is -0.324 e. The van der Waals surface area contributed by atoms with Crippen LogP contribution in [0.3, 0.4) is 0 Å². The Kier molecular flexibility index (Phi) is 8.27. The average Bonchev–Trinajstić information content (AvgIpc) is 2.95. The minimum atomic E-state index is -0.156. The first-order valence-electron chi connectivity index (χ1n) is 13.7. The van der Waals surface area contributed by atoms with Crippen LogP contribution < -0.4 is 10.6 Å². The third-order valence-corrected chi connectivity index (χ3v) is 7.13. The molecule has 4 aromatic rings. The van der Waals surface area contributed by atoms with Crippen LogP contribution in [0.1, 0.15) is 54.1 Å². The lowest BCUT2D eigenvalue weighted by atomic mass is 9.90. The molecule has 3 heterocycles. The van der Waals surface area contributed by atoms with Crippen LogP contribution in [0.2, 0.25) is 0 Å². The Balaban J connectivity index is 1.25. The average molecular weight is 521 g/mol. The van der Waals surface area contributed by atoms with Crippen molar-refractivity contribution in [3.8, 4) is 11.3 Å². The van der Waals surface area contributed by atoms with E-state index >= 15 is 0 Å². The first kappa shape index (κ1) is 26.5. The third kappa shape index (κ3) is 6.86. The van der Waals surface area contributed by atoms with E-state index in [1.165, 1.54) is 24.9 Å². The summed E-state index contributed by atoms with van der Waals surface area (Å²) < 4.78 is 0. The normalized spacial score (nSPS) is 15.7. The number of nitrogens with one attached hydrogen (secondary N) is 2. The van der Waals surface area contributed by atoms with Gasteiger partial charge in [-0.25, -0.2) is 9.97 Å². The summed E-state index contributed by atoms with van der Waals surface area (Å²) in [6.45, 7) is 10.0. The molecule has 1 aliphatic rings. The predicted octanol–water partition coefficient (Wildman–Crippen LogP) is 6.68. The lowest BCUT2D eigenvalue weighted by Crippen LogP contribution is -2.36. The van der Waals surface area contributed by atoms with Crippen LogP contribution in [-0.4, -0.2) is 45.4 Å². The van der Waals surface area contributed by atoms with E-state index in [4.69, 9.17) is 0 Å². The quantitative estimate of drug-likeness (QED) is 0.270. The van der Waals surface area contributed by atoms with Crippen LogP contribution in [0, 0.1) is 12.8 Å². The molecule has 1 saturated heterocycles. The zero-order valence-corrected chi connectivity index (χ0v) is 22.9. The van der Waals surface area contributed by atoms with Gasteiger partial charge in [0.2, 0.25) is 5.95 Å². The van der Waals surface area contributed by atoms with Crippen LogP contribution in [0.5, 0.6) is 0 Å². The Labute approximate surface area is 230 Å². The van der Waals surface area contributed by atoms with E-state index in [1.807, 2.05) is 55.5 Å². The number of pyridine rings is 1. The number of piperidine rings is 1. The van der Waals surface area contributed by atoms with Crippen molar-refractivity contribution in [1.29, 1.82) is 0 Å². The number of rotatable bonds is 8. The Bertz CT molecular complexity index is 1400. The molecule has 7 heteroatoms. The van der Waals surface area contributed by atoms with Crippen molar-refractivity contribution in [2.45, 2.75) is 39.5 Å². The molecule has 0 radical (unpaired) electrons. The zero-order chi connectivity index (χ0) is 27.2. The van der Waals surface area contributed by atoms with Crippen molar-refractivity contribution < 1.29 is 4.79 Å². The highest BCUT2D eigenvalue weighted by atomic mass is 16.1. The van der Waals surface area contributed by atoms with Crippen LogP contribution in [0.4, 0.5) is 17.3 Å². The number of carbonyl (C=O) groups excluding carboxylic acids is 1. The van der Waals surface area contributed by atoms with Crippen LogP contribution >= 0.6 is 0 Å². The highest BCUT2D eigenvalue weighted by Crippen LogP contribution is 2.29. The third-order valence-electron chi connectivity index (χ3n) is 7.13. The van der Waals surface area contributed by atoms with Crippen LogP contribution in [-0.2, 0) is 0 Å². The van der Waals surface area contributed by atoms with Crippen molar-refractivity contribution in [2.24, 2.45) is 5.92 Å². The van der Waals surface area contributed by atoms with Gasteiger partial charge in [0.1, 0.15) is 0 Å². The second-order valence-electron chi connectivity index (χ2n) is 10.7. The summed E-state index contributed by atoms with van der Waals surface area (Å²) in [6.07, 6.45) is 7.66. The second kappa shape index (κ2) is 12.2. The molecule has 0 aliphatic carbocycles. The smallest absolute Gasteiger partial charge is 0.255 e. The second-order valence-corrected chi connectivity index (χ2v) is 10.7. The maximum Gasteiger partial charge on any atom is 0.255 e. The van der Waals surface area contributed by atoms with Gasteiger partial charge in [0.05, 0.1) is 5.69 Å². The SMILES string of the molecule is Cc1ccc(C(=O)Nc2ccc(C3CCCN(CC(C)C)C3)cc2)cc1Nc1nccc(-c2cccnc2)n1. The van der Waals surface area contributed by atoms with E-state index in [1.54, 1.807) is 18.6 Å². The number of benzene rings is 2. The maximum absolute atomic E-state index is 13.1. The van der Waals surface area contributed by atoms with Gasteiger partial charge in [-0.3, -0.25) is 9.78 Å². The molecule has 200 valence electrons. The summed E-state index contributed by atoms with van der Waals surface area (Å²) in [4.78, 5) is 28.9. The van der Waals surface area contributed by atoms with E-state index in [2.05, 4.69) is 56.5 Å². The highest BCUT2D eigenvalue weighted by Gasteiger charge is 2.21. The van der Waals surface area contributed by atoms with Crippen LogP contribution in [0.15, 0.2) is 79.3 Å². The molecule has 1 fully saturated rings. The van der Waals surface area contributed by atoms with Crippen molar-refractivity contribution in [3.05, 3.63) is 95.9 Å². The standard InChI is InChI=1S/C32H36N6O/c1-22(2)20-38-17-5-7-27(21-38)24-10-12-28(13-11-24)35-31(39)25-9-8-23(3)30(18-25)37-32-34-16-14-29(36-32)26-6-4-15-33-19-26/h4,6,8-16,18-19,22,27H,5,7,17,20-21H2,1-3H3,(H,35,39)(H,34,36,37). The fourth-order valence-electron chi connectivity index (χ4n) is 5.16. The molecular weight excluding hydrogens is 484 g/mol. The fraction of sp³-hybridized carbons (Fsp3) is 0.312. The van der Waals surface area contributed by atoms with Gasteiger partial charge in [0.15, 0.2) is 0 Å². The van der Waals surface area contributed by atoms with Gasteiger partial charge in [-0.2, -0.15) is 0 Å². The summed E-state index contributed by atoms with van der Waals surface area (Å²) in [7, 11) is 0. The molecular formula is C32H36N6O. The summed E-state index contributed by atoms with van der Waals surface area (Å²) >= 11 is 0. The first-order chi connectivity index (χ1) is 18.9. The van der Waals surface area contributed by atoms with Gasteiger partial charge in [0, 0.05) is 54.2 Å². The number of hydrogen-bond donors (Lipinski definition) is 2. The Morgan fingerprint density at radius 3 is 2.69 bits per heavy atom. The van der Waals surface area contributed by atoms with E-state index in [-0.39, 0.29) is 5.91 Å². The molecule has 1 aliphatic heterocycles. The number of anilines is 3. The molecule has 1 atom stereocenters. The molecule has 5 rings (SSSR count). The zero-order valence-electron chi connectivity index (χ0n) is 22.9. The van der Waals surface area contributed by atoms with Crippen molar-refractivity contribution in [3.63, 3.8) is 0 Å². The topological polar surface area (TPSA) is 83.0 Å². The van der Waals surface area contributed by atoms with E-state index in [0.717, 1.165) is 41.3 Å². The maximum atomic E-state index is 13.1. The molecule has 1 unspecified atom stereocenters. The van der Waals surface area contributed by atoms with E-state index < -0.39 is 0 Å². The van der Waals surface area contributed by atoms with E-state index in [9.17, 15) is 4.79 Å². The Morgan fingerprint density at radius 1 is 1.08 bits per heavy atom. The fourth-order valence-corrected chi connectivity index (χ4v) is 5.16.